The number of aryl methyl sites for hydroxylation is 1. The highest BCUT2D eigenvalue weighted by Gasteiger charge is 2.22. The maximum Gasteiger partial charge on any atom is 0.220 e. The third kappa shape index (κ3) is 3.94. The molecule has 1 N–H and O–H groups in total. The first-order valence-corrected chi connectivity index (χ1v) is 9.61. The van der Waals surface area contributed by atoms with E-state index in [-0.39, 0.29) is 11.8 Å². The van der Waals surface area contributed by atoms with Crippen LogP contribution in [0.4, 0.5) is 0 Å². The Kier molecular flexibility index (Phi) is 6.00. The molecule has 0 aliphatic carbocycles. The second-order valence-electron chi connectivity index (χ2n) is 6.55. The number of aromatic nitrogens is 1. The van der Waals surface area contributed by atoms with Gasteiger partial charge in [-0.3, -0.25) is 4.79 Å². The molecule has 0 unspecified atom stereocenters. The summed E-state index contributed by atoms with van der Waals surface area (Å²) in [5.41, 5.74) is 3.45. The van der Waals surface area contributed by atoms with Gasteiger partial charge in [-0.05, 0) is 42.7 Å². The third-order valence-corrected chi connectivity index (χ3v) is 4.98. The molecule has 3 aromatic rings. The van der Waals surface area contributed by atoms with Gasteiger partial charge in [0.25, 0.3) is 0 Å². The van der Waals surface area contributed by atoms with Crippen molar-refractivity contribution in [2.24, 2.45) is 0 Å². The van der Waals surface area contributed by atoms with Gasteiger partial charge >= 0.3 is 0 Å². The number of rotatable bonds is 7. The smallest absolute Gasteiger partial charge is 0.220 e. The molecule has 0 spiro atoms. The fourth-order valence-corrected chi connectivity index (χ4v) is 3.67. The first-order valence-electron chi connectivity index (χ1n) is 9.24. The summed E-state index contributed by atoms with van der Waals surface area (Å²) in [5.74, 6) is 0.0495. The van der Waals surface area contributed by atoms with Crippen molar-refractivity contribution >= 4 is 28.4 Å². The lowest BCUT2D eigenvalue weighted by Crippen LogP contribution is -2.26. The second kappa shape index (κ2) is 8.41. The van der Waals surface area contributed by atoms with Gasteiger partial charge in [-0.15, -0.1) is 0 Å². The van der Waals surface area contributed by atoms with E-state index < -0.39 is 0 Å². The largest absolute Gasteiger partial charge is 0.356 e. The van der Waals surface area contributed by atoms with Crippen LogP contribution in [0.3, 0.4) is 0 Å². The quantitative estimate of drug-likeness (QED) is 0.598. The summed E-state index contributed by atoms with van der Waals surface area (Å²) in [6.07, 6.45) is 3.53. The number of fused-ring (bicyclic) bond motifs is 1. The SMILES string of the molecule is CCCNC(=O)C[C@@H](c1cccc(Cl)c1)c1cn(CC)c2ccccc12. The van der Waals surface area contributed by atoms with E-state index in [2.05, 4.69) is 60.3 Å². The van der Waals surface area contributed by atoms with Crippen molar-refractivity contribution in [1.82, 2.24) is 9.88 Å². The van der Waals surface area contributed by atoms with Crippen LogP contribution in [-0.2, 0) is 11.3 Å². The average molecular weight is 369 g/mol. The van der Waals surface area contributed by atoms with Gasteiger partial charge in [-0.1, -0.05) is 48.9 Å². The van der Waals surface area contributed by atoms with Crippen molar-refractivity contribution < 1.29 is 4.79 Å². The summed E-state index contributed by atoms with van der Waals surface area (Å²) in [5, 5.41) is 4.90. The molecule has 0 saturated carbocycles. The number of amides is 1. The highest BCUT2D eigenvalue weighted by Crippen LogP contribution is 2.35. The predicted octanol–water partition coefficient (Wildman–Crippen LogP) is 5.36. The van der Waals surface area contributed by atoms with Crippen LogP contribution in [0.25, 0.3) is 10.9 Å². The summed E-state index contributed by atoms with van der Waals surface area (Å²) in [6.45, 7) is 5.80. The molecule has 0 aliphatic heterocycles. The van der Waals surface area contributed by atoms with E-state index in [9.17, 15) is 4.79 Å². The van der Waals surface area contributed by atoms with Crippen molar-refractivity contribution in [3.05, 3.63) is 70.9 Å². The highest BCUT2D eigenvalue weighted by atomic mass is 35.5. The van der Waals surface area contributed by atoms with Crippen LogP contribution in [-0.4, -0.2) is 17.0 Å². The van der Waals surface area contributed by atoms with Gasteiger partial charge in [0.05, 0.1) is 0 Å². The Morgan fingerprint density at radius 2 is 1.96 bits per heavy atom. The number of para-hydroxylation sites is 1. The van der Waals surface area contributed by atoms with E-state index in [1.54, 1.807) is 0 Å². The van der Waals surface area contributed by atoms with E-state index in [1.165, 1.54) is 16.5 Å². The molecular formula is C22H25ClN2O. The monoisotopic (exact) mass is 368 g/mol. The minimum Gasteiger partial charge on any atom is -0.356 e. The minimum atomic E-state index is -0.0248. The Hall–Kier alpha value is -2.26. The van der Waals surface area contributed by atoms with Crippen molar-refractivity contribution in [2.75, 3.05) is 6.54 Å². The Balaban J connectivity index is 2.07. The first-order chi connectivity index (χ1) is 12.6. The standard InChI is InChI=1S/C22H25ClN2O/c1-3-12-24-22(26)14-19(16-8-7-9-17(23)13-16)20-15-25(4-2)21-11-6-5-10-18(20)21/h5-11,13,15,19H,3-4,12,14H2,1-2H3,(H,24,26)/t19-/m0/s1. The van der Waals surface area contributed by atoms with Gasteiger partial charge in [0.15, 0.2) is 0 Å². The lowest BCUT2D eigenvalue weighted by Gasteiger charge is -2.17. The Bertz CT molecular complexity index is 900. The van der Waals surface area contributed by atoms with Crippen LogP contribution in [0.5, 0.6) is 0 Å². The number of nitrogens with one attached hydrogen (secondary N) is 1. The summed E-state index contributed by atoms with van der Waals surface area (Å²) in [7, 11) is 0. The van der Waals surface area contributed by atoms with E-state index in [1.807, 2.05) is 18.2 Å². The molecule has 0 saturated heterocycles. The molecule has 1 heterocycles. The summed E-state index contributed by atoms with van der Waals surface area (Å²) >= 11 is 6.24. The van der Waals surface area contributed by atoms with Crippen LogP contribution in [0.1, 0.15) is 43.7 Å². The molecule has 1 aromatic heterocycles. The summed E-state index contributed by atoms with van der Waals surface area (Å²) < 4.78 is 2.24. The van der Waals surface area contributed by atoms with E-state index >= 15 is 0 Å². The Morgan fingerprint density at radius 3 is 2.69 bits per heavy atom. The maximum atomic E-state index is 12.5. The van der Waals surface area contributed by atoms with Gasteiger partial charge in [0.1, 0.15) is 0 Å². The molecule has 0 bridgehead atoms. The molecule has 1 amide bonds. The summed E-state index contributed by atoms with van der Waals surface area (Å²) in [4.78, 5) is 12.5. The first kappa shape index (κ1) is 18.5. The van der Waals surface area contributed by atoms with Crippen molar-refractivity contribution in [3.63, 3.8) is 0 Å². The number of carbonyl (C=O) groups is 1. The number of hydrogen-bond acceptors (Lipinski definition) is 1. The van der Waals surface area contributed by atoms with Gasteiger partial charge in [0.2, 0.25) is 5.91 Å². The molecule has 26 heavy (non-hydrogen) atoms. The zero-order chi connectivity index (χ0) is 18.5. The van der Waals surface area contributed by atoms with Gasteiger partial charge in [-0.2, -0.15) is 0 Å². The van der Waals surface area contributed by atoms with E-state index in [4.69, 9.17) is 11.6 Å². The lowest BCUT2D eigenvalue weighted by molar-refractivity contribution is -0.121. The van der Waals surface area contributed by atoms with Gasteiger partial charge in [-0.25, -0.2) is 0 Å². The van der Waals surface area contributed by atoms with Gasteiger partial charge < -0.3 is 9.88 Å². The van der Waals surface area contributed by atoms with Crippen molar-refractivity contribution in [2.45, 2.75) is 39.2 Å². The van der Waals surface area contributed by atoms with Crippen LogP contribution >= 0.6 is 11.6 Å². The molecule has 1 atom stereocenters. The van der Waals surface area contributed by atoms with E-state index in [0.29, 0.717) is 18.0 Å². The molecule has 2 aromatic carbocycles. The zero-order valence-corrected chi connectivity index (χ0v) is 16.1. The Morgan fingerprint density at radius 1 is 1.15 bits per heavy atom. The number of carbonyl (C=O) groups excluding carboxylic acids is 1. The minimum absolute atomic E-state index is 0.0248. The van der Waals surface area contributed by atoms with Crippen molar-refractivity contribution in [1.29, 1.82) is 0 Å². The average Bonchev–Trinajstić information content (AvgIpc) is 3.03. The predicted molar refractivity (Wildman–Crippen MR) is 109 cm³/mol. The number of halogens is 1. The Labute approximate surface area is 160 Å². The summed E-state index contributed by atoms with van der Waals surface area (Å²) in [6, 6.07) is 16.2. The topological polar surface area (TPSA) is 34.0 Å². The van der Waals surface area contributed by atoms with E-state index in [0.717, 1.165) is 18.5 Å². The molecule has 136 valence electrons. The number of hydrogen-bond donors (Lipinski definition) is 1. The van der Waals surface area contributed by atoms with Gasteiger partial charge in [0, 0.05) is 47.6 Å². The zero-order valence-electron chi connectivity index (χ0n) is 15.3. The molecule has 0 fully saturated rings. The second-order valence-corrected chi connectivity index (χ2v) is 6.99. The van der Waals surface area contributed by atoms with Crippen LogP contribution < -0.4 is 5.32 Å². The number of nitrogens with zero attached hydrogens (tertiary/aromatic N) is 1. The lowest BCUT2D eigenvalue weighted by atomic mass is 9.88. The van der Waals surface area contributed by atoms with Crippen LogP contribution in [0.2, 0.25) is 5.02 Å². The number of benzene rings is 2. The highest BCUT2D eigenvalue weighted by molar-refractivity contribution is 6.30. The third-order valence-electron chi connectivity index (χ3n) is 4.75. The molecule has 0 aliphatic rings. The van der Waals surface area contributed by atoms with Crippen molar-refractivity contribution in [3.8, 4) is 0 Å². The van der Waals surface area contributed by atoms with Crippen LogP contribution in [0, 0.1) is 0 Å². The normalized spacial score (nSPS) is 12.3. The molecular weight excluding hydrogens is 344 g/mol. The fourth-order valence-electron chi connectivity index (χ4n) is 3.47. The molecule has 0 radical (unpaired) electrons. The molecule has 4 heteroatoms. The molecule has 3 nitrogen and oxygen atoms in total. The van der Waals surface area contributed by atoms with Crippen LogP contribution in [0.15, 0.2) is 54.7 Å². The fraction of sp³-hybridized carbons (Fsp3) is 0.318. The molecule has 3 rings (SSSR count). The maximum absolute atomic E-state index is 12.5.